The third-order valence-corrected chi connectivity index (χ3v) is 3.63. The smallest absolute Gasteiger partial charge is 0.165 e. The van der Waals surface area contributed by atoms with E-state index in [9.17, 15) is 4.39 Å². The van der Waals surface area contributed by atoms with Crippen molar-refractivity contribution in [3.63, 3.8) is 0 Å². The van der Waals surface area contributed by atoms with Crippen LogP contribution >= 0.6 is 0 Å². The van der Waals surface area contributed by atoms with Crippen LogP contribution < -0.4 is 10.5 Å². The van der Waals surface area contributed by atoms with Gasteiger partial charge in [0.2, 0.25) is 0 Å². The Morgan fingerprint density at radius 3 is 2.53 bits per heavy atom. The van der Waals surface area contributed by atoms with Gasteiger partial charge in [-0.15, -0.1) is 0 Å². The number of benzene rings is 1. The molecule has 19 heavy (non-hydrogen) atoms. The molecule has 2 unspecified atom stereocenters. The monoisotopic (exact) mass is 269 g/mol. The molecule has 0 aromatic heterocycles. The maximum absolute atomic E-state index is 13.6. The van der Waals surface area contributed by atoms with Crippen molar-refractivity contribution in [2.45, 2.75) is 45.3 Å². The maximum Gasteiger partial charge on any atom is 0.165 e. The minimum absolute atomic E-state index is 0.176. The Kier molecular flexibility index (Phi) is 5.76. The SMILES string of the molecule is CCOC(C)(CC)C(N)Cc1ccc(OC)c(F)c1. The number of halogens is 1. The molecule has 0 aliphatic carbocycles. The molecule has 0 saturated carbocycles. The van der Waals surface area contributed by atoms with Crippen molar-refractivity contribution in [3.05, 3.63) is 29.6 Å². The lowest BCUT2D eigenvalue weighted by Crippen LogP contribution is -2.48. The van der Waals surface area contributed by atoms with Crippen LogP contribution in [0, 0.1) is 5.82 Å². The van der Waals surface area contributed by atoms with Crippen LogP contribution in [-0.2, 0) is 11.2 Å². The molecule has 108 valence electrons. The van der Waals surface area contributed by atoms with Gasteiger partial charge in [-0.3, -0.25) is 0 Å². The molecule has 1 aromatic rings. The van der Waals surface area contributed by atoms with Gasteiger partial charge in [-0.25, -0.2) is 4.39 Å². The number of hydrogen-bond acceptors (Lipinski definition) is 3. The second kappa shape index (κ2) is 6.87. The normalized spacial score (nSPS) is 15.9. The number of rotatable bonds is 7. The maximum atomic E-state index is 13.6. The van der Waals surface area contributed by atoms with Crippen LogP contribution in [0.2, 0.25) is 0 Å². The van der Waals surface area contributed by atoms with Gasteiger partial charge < -0.3 is 15.2 Å². The summed E-state index contributed by atoms with van der Waals surface area (Å²) in [6.07, 6.45) is 1.39. The lowest BCUT2D eigenvalue weighted by atomic mass is 9.89. The van der Waals surface area contributed by atoms with Crippen molar-refractivity contribution in [2.24, 2.45) is 5.73 Å². The molecule has 0 aliphatic heterocycles. The van der Waals surface area contributed by atoms with E-state index in [4.69, 9.17) is 15.2 Å². The Hall–Kier alpha value is -1.13. The molecule has 3 nitrogen and oxygen atoms in total. The molecule has 0 fully saturated rings. The fourth-order valence-corrected chi connectivity index (χ4v) is 2.11. The van der Waals surface area contributed by atoms with E-state index in [-0.39, 0.29) is 23.2 Å². The van der Waals surface area contributed by atoms with Crippen LogP contribution in [-0.4, -0.2) is 25.4 Å². The van der Waals surface area contributed by atoms with Crippen molar-refractivity contribution in [2.75, 3.05) is 13.7 Å². The average molecular weight is 269 g/mol. The highest BCUT2D eigenvalue weighted by Gasteiger charge is 2.30. The van der Waals surface area contributed by atoms with Crippen LogP contribution in [0.5, 0.6) is 5.75 Å². The molecule has 0 saturated heterocycles. The van der Waals surface area contributed by atoms with Gasteiger partial charge in [0.1, 0.15) is 0 Å². The van der Waals surface area contributed by atoms with Gasteiger partial charge >= 0.3 is 0 Å². The first kappa shape index (κ1) is 15.9. The molecule has 0 spiro atoms. The van der Waals surface area contributed by atoms with E-state index in [0.717, 1.165) is 12.0 Å². The van der Waals surface area contributed by atoms with E-state index in [1.807, 2.05) is 26.8 Å². The Morgan fingerprint density at radius 1 is 1.37 bits per heavy atom. The fraction of sp³-hybridized carbons (Fsp3) is 0.600. The lowest BCUT2D eigenvalue weighted by Gasteiger charge is -2.34. The largest absolute Gasteiger partial charge is 0.494 e. The van der Waals surface area contributed by atoms with Gasteiger partial charge in [-0.05, 0) is 44.4 Å². The molecular formula is C15H24FNO2. The van der Waals surface area contributed by atoms with E-state index in [1.165, 1.54) is 13.2 Å². The van der Waals surface area contributed by atoms with Gasteiger partial charge in [0.25, 0.3) is 0 Å². The van der Waals surface area contributed by atoms with Crippen LogP contribution in [0.1, 0.15) is 32.8 Å². The first-order valence-electron chi connectivity index (χ1n) is 6.68. The summed E-state index contributed by atoms with van der Waals surface area (Å²) in [7, 11) is 1.45. The molecule has 2 atom stereocenters. The zero-order valence-electron chi connectivity index (χ0n) is 12.2. The van der Waals surface area contributed by atoms with Gasteiger partial charge in [-0.1, -0.05) is 13.0 Å². The van der Waals surface area contributed by atoms with Gasteiger partial charge in [0.05, 0.1) is 12.7 Å². The molecule has 0 bridgehead atoms. The summed E-state index contributed by atoms with van der Waals surface area (Å²) in [6.45, 7) is 6.62. The van der Waals surface area contributed by atoms with E-state index in [0.29, 0.717) is 13.0 Å². The standard InChI is InChI=1S/C15H24FNO2/c1-5-15(3,19-6-2)14(17)10-11-7-8-13(18-4)12(16)9-11/h7-9,14H,5-6,10,17H2,1-4H3. The first-order valence-corrected chi connectivity index (χ1v) is 6.68. The third kappa shape index (κ3) is 3.91. The number of methoxy groups -OCH3 is 1. The van der Waals surface area contributed by atoms with E-state index >= 15 is 0 Å². The summed E-state index contributed by atoms with van der Waals surface area (Å²) < 4.78 is 24.3. The Balaban J connectivity index is 2.81. The predicted octanol–water partition coefficient (Wildman–Crippen LogP) is 2.91. The molecule has 1 rings (SSSR count). The van der Waals surface area contributed by atoms with E-state index < -0.39 is 0 Å². The van der Waals surface area contributed by atoms with Crippen LogP contribution in [0.3, 0.4) is 0 Å². The number of ether oxygens (including phenoxy) is 2. The molecule has 0 aliphatic rings. The second-order valence-electron chi connectivity index (χ2n) is 4.88. The summed E-state index contributed by atoms with van der Waals surface area (Å²) in [4.78, 5) is 0. The summed E-state index contributed by atoms with van der Waals surface area (Å²) in [5, 5.41) is 0. The third-order valence-electron chi connectivity index (χ3n) is 3.63. The van der Waals surface area contributed by atoms with Crippen LogP contribution in [0.25, 0.3) is 0 Å². The number of hydrogen-bond donors (Lipinski definition) is 1. The Labute approximate surface area is 114 Å². The van der Waals surface area contributed by atoms with Crippen molar-refractivity contribution < 1.29 is 13.9 Å². The Bertz CT molecular complexity index is 411. The van der Waals surface area contributed by atoms with Crippen LogP contribution in [0.15, 0.2) is 18.2 Å². The van der Waals surface area contributed by atoms with Crippen molar-refractivity contribution >= 4 is 0 Å². The summed E-state index contributed by atoms with van der Waals surface area (Å²) in [6, 6.07) is 4.76. The molecule has 4 heteroatoms. The van der Waals surface area contributed by atoms with Crippen molar-refractivity contribution in [3.8, 4) is 5.75 Å². The fourth-order valence-electron chi connectivity index (χ4n) is 2.11. The Morgan fingerprint density at radius 2 is 2.05 bits per heavy atom. The summed E-state index contributed by atoms with van der Waals surface area (Å²) in [5.74, 6) is -0.109. The highest BCUT2D eigenvalue weighted by molar-refractivity contribution is 5.30. The first-order chi connectivity index (χ1) is 8.96. The molecule has 0 heterocycles. The minimum atomic E-state index is -0.384. The van der Waals surface area contributed by atoms with Crippen molar-refractivity contribution in [1.82, 2.24) is 0 Å². The highest BCUT2D eigenvalue weighted by atomic mass is 19.1. The predicted molar refractivity (Wildman–Crippen MR) is 75.0 cm³/mol. The topological polar surface area (TPSA) is 44.5 Å². The molecular weight excluding hydrogens is 245 g/mol. The van der Waals surface area contributed by atoms with Crippen molar-refractivity contribution in [1.29, 1.82) is 0 Å². The summed E-state index contributed by atoms with van der Waals surface area (Å²) in [5.41, 5.74) is 6.69. The molecule has 2 N–H and O–H groups in total. The molecule has 0 amide bonds. The van der Waals surface area contributed by atoms with Gasteiger partial charge in [-0.2, -0.15) is 0 Å². The van der Waals surface area contributed by atoms with E-state index in [2.05, 4.69) is 0 Å². The quantitative estimate of drug-likeness (QED) is 0.827. The van der Waals surface area contributed by atoms with Crippen LogP contribution in [0.4, 0.5) is 4.39 Å². The average Bonchev–Trinajstić information content (AvgIpc) is 2.39. The second-order valence-corrected chi connectivity index (χ2v) is 4.88. The number of nitrogens with two attached hydrogens (primary N) is 1. The molecule has 1 aromatic carbocycles. The highest BCUT2D eigenvalue weighted by Crippen LogP contribution is 2.24. The lowest BCUT2D eigenvalue weighted by molar-refractivity contribution is -0.0461. The summed E-state index contributed by atoms with van der Waals surface area (Å²) >= 11 is 0. The molecule has 0 radical (unpaired) electrons. The van der Waals surface area contributed by atoms with Gasteiger partial charge in [0, 0.05) is 12.6 Å². The van der Waals surface area contributed by atoms with E-state index in [1.54, 1.807) is 6.07 Å². The minimum Gasteiger partial charge on any atom is -0.494 e. The zero-order chi connectivity index (χ0) is 14.5. The van der Waals surface area contributed by atoms with Gasteiger partial charge in [0.15, 0.2) is 11.6 Å². The zero-order valence-corrected chi connectivity index (χ0v) is 12.2.